The summed E-state index contributed by atoms with van der Waals surface area (Å²) in [7, 11) is -6.71. The van der Waals surface area contributed by atoms with Crippen LogP contribution in [0, 0.1) is 22.7 Å². The van der Waals surface area contributed by atoms with Crippen LogP contribution >= 0.6 is 0 Å². The number of fused-ring (bicyclic) bond motifs is 9. The molecule has 420 valence electrons. The van der Waals surface area contributed by atoms with Gasteiger partial charge in [0.2, 0.25) is 0 Å². The van der Waals surface area contributed by atoms with Crippen LogP contribution in [0.2, 0.25) is 52.4 Å². The molecule has 0 N–H and O–H groups in total. The Bertz CT molecular complexity index is 2950. The fraction of sp³-hybridized carbons (Fsp3) is 0.531. The lowest BCUT2D eigenvalue weighted by atomic mass is 9.52. The first-order valence-electron chi connectivity index (χ1n) is 29.0. The lowest BCUT2D eigenvalue weighted by Gasteiger charge is -2.52. The number of benzene rings is 5. The van der Waals surface area contributed by atoms with Gasteiger partial charge in [-0.3, -0.25) is 0 Å². The lowest BCUT2D eigenvalue weighted by Crippen LogP contribution is -2.57. The van der Waals surface area contributed by atoms with E-state index in [1.807, 2.05) is 0 Å². The Labute approximate surface area is 470 Å². The normalized spacial score (nSPS) is 26.5. The molecule has 0 amide bonds. The molecule has 6 aliphatic heterocycles. The average molecular weight is 1130 g/mol. The zero-order valence-corrected chi connectivity index (χ0v) is 53.3. The summed E-state index contributed by atoms with van der Waals surface area (Å²) in [6, 6.07) is 30.1. The molecule has 3 saturated carbocycles. The van der Waals surface area contributed by atoms with Gasteiger partial charge < -0.3 is 44.9 Å². The second-order valence-corrected chi connectivity index (χ2v) is 41.0. The van der Waals surface area contributed by atoms with Crippen molar-refractivity contribution in [3.63, 3.8) is 0 Å². The van der Waals surface area contributed by atoms with E-state index in [1.54, 1.807) is 14.2 Å². The molecule has 0 saturated heterocycles. The number of hydrogen-bond donors (Lipinski definition) is 0. The molecule has 5 aromatic rings. The van der Waals surface area contributed by atoms with Crippen molar-refractivity contribution in [2.45, 2.75) is 168 Å². The van der Waals surface area contributed by atoms with E-state index in [-0.39, 0.29) is 28.5 Å². The van der Waals surface area contributed by atoms with Crippen LogP contribution in [-0.4, -0.2) is 73.9 Å². The van der Waals surface area contributed by atoms with Gasteiger partial charge >= 0.3 is 34.2 Å². The van der Waals surface area contributed by atoms with Crippen molar-refractivity contribution < 1.29 is 44.9 Å². The summed E-state index contributed by atoms with van der Waals surface area (Å²) in [6.07, 6.45) is 16.1. The molecule has 78 heavy (non-hydrogen) atoms. The van der Waals surface area contributed by atoms with Crippen LogP contribution in [0.25, 0.3) is 34.1 Å². The summed E-state index contributed by atoms with van der Waals surface area (Å²) < 4.78 is 66.8. The van der Waals surface area contributed by atoms with Crippen molar-refractivity contribution in [2.24, 2.45) is 22.7 Å². The van der Waals surface area contributed by atoms with Crippen molar-refractivity contribution in [1.82, 2.24) is 0 Å². The second kappa shape index (κ2) is 21.9. The number of rotatable bonds is 2. The van der Waals surface area contributed by atoms with Crippen molar-refractivity contribution in [2.75, 3.05) is 27.4 Å². The third kappa shape index (κ3) is 12.9. The second-order valence-electron chi connectivity index (χ2n) is 26.8. The summed E-state index contributed by atoms with van der Waals surface area (Å²) in [5, 5.41) is 2.14. The molecule has 3 fully saturated rings. The van der Waals surface area contributed by atoms with E-state index in [9.17, 15) is 0 Å². The van der Waals surface area contributed by atoms with E-state index in [0.717, 1.165) is 127 Å². The van der Waals surface area contributed by atoms with Crippen LogP contribution in [-0.2, 0) is 26.6 Å². The highest BCUT2D eigenvalue weighted by atomic mass is 28.5. The summed E-state index contributed by atoms with van der Waals surface area (Å²) in [5.41, 5.74) is 7.10. The summed E-state index contributed by atoms with van der Waals surface area (Å²) in [6.45, 7) is 28.4. The van der Waals surface area contributed by atoms with E-state index < -0.39 is 34.2 Å². The zero-order chi connectivity index (χ0) is 55.5. The quantitative estimate of drug-likeness (QED) is 0.159. The molecule has 1 spiro atoms. The van der Waals surface area contributed by atoms with Gasteiger partial charge in [-0.2, -0.15) is 0 Å². The first-order chi connectivity index (χ1) is 36.8. The van der Waals surface area contributed by atoms with Crippen molar-refractivity contribution in [3.05, 3.63) is 107 Å². The Morgan fingerprint density at radius 1 is 0.487 bits per heavy atom. The SMILES string of the molecule is COc1ccc2c(c1)C1(CC(C)(C)CC(C)(C)C1)c1c3c(c4cc(OC)ccc4c1-2)Oc1ccc(cc1)OC1CCC(CC1)CO[Si](C)(C)O[Si](C)(C)O[Si](C)(C)O[Si](C)(C)OCC1CCC(CC1)Oc1ccc(cc1)/C=C\3. The molecule has 14 heteroatoms. The Balaban J connectivity index is 1.03. The van der Waals surface area contributed by atoms with Gasteiger partial charge in [-0.15, -0.1) is 0 Å². The Hall–Kier alpha value is -4.23. The topological polar surface area (TPSA) is 92.3 Å². The average Bonchev–Trinajstić information content (AvgIpc) is 3.82. The fourth-order valence-electron chi connectivity index (χ4n) is 14.8. The minimum atomic E-state index is -2.61. The molecule has 5 aromatic carbocycles. The molecular weight excluding hydrogens is 1040 g/mol. The molecule has 0 unspecified atom stereocenters. The van der Waals surface area contributed by atoms with Crippen molar-refractivity contribution in [3.8, 4) is 45.6 Å². The first-order valence-corrected chi connectivity index (χ1v) is 40.2. The standard InChI is InChI=1S/C64H88O10Si4/c1-62(2)41-63(3,4)43-64(42-62)58-38-53(66-6)33-36-55(58)59-54-35-32-52(65-5)37-57(54)61-56(60(59)64)34-21-44-15-22-47(23-16-44)69-48-24-17-45(18-25-48)39-67-75(7,8)72-77(11,12)74-78(13,14)73-76(9,10)68-40-46-19-26-49(27-20-46)70-50-28-30-51(71-61)31-29-50/h15-16,21-23,28-38,45-46,48-49H,17-20,24-27,39-43H2,1-14H3/b34-21-. The van der Waals surface area contributed by atoms with Crippen LogP contribution in [0.3, 0.4) is 0 Å². The molecule has 0 radical (unpaired) electrons. The molecule has 6 heterocycles. The van der Waals surface area contributed by atoms with Gasteiger partial charge in [0, 0.05) is 29.6 Å². The van der Waals surface area contributed by atoms with E-state index >= 15 is 0 Å². The minimum absolute atomic E-state index is 0.0479. The maximum absolute atomic E-state index is 7.38. The predicted octanol–water partition coefficient (Wildman–Crippen LogP) is 17.1. The highest BCUT2D eigenvalue weighted by molar-refractivity contribution is 6.87. The van der Waals surface area contributed by atoms with E-state index in [2.05, 4.69) is 177 Å². The van der Waals surface area contributed by atoms with Crippen molar-refractivity contribution >= 4 is 57.2 Å². The van der Waals surface area contributed by atoms with Crippen LogP contribution in [0.15, 0.2) is 84.9 Å². The van der Waals surface area contributed by atoms with Crippen LogP contribution in [0.4, 0.5) is 0 Å². The number of methoxy groups -OCH3 is 2. The van der Waals surface area contributed by atoms with Crippen LogP contribution in [0.5, 0.6) is 34.5 Å². The van der Waals surface area contributed by atoms with Gasteiger partial charge in [-0.05, 0) is 246 Å². The third-order valence-corrected chi connectivity index (χ3v) is 30.4. The fourth-order valence-corrected chi connectivity index (χ4v) is 31.8. The van der Waals surface area contributed by atoms with Gasteiger partial charge in [0.05, 0.1) is 26.4 Å². The van der Waals surface area contributed by atoms with E-state index in [0.29, 0.717) is 25.0 Å². The monoisotopic (exact) mass is 1130 g/mol. The van der Waals surface area contributed by atoms with Crippen LogP contribution < -0.4 is 23.7 Å². The molecule has 10 nitrogen and oxygen atoms in total. The molecule has 4 aliphatic carbocycles. The van der Waals surface area contributed by atoms with E-state index in [4.69, 9.17) is 44.9 Å². The summed E-state index contributed by atoms with van der Waals surface area (Å²) in [5.74, 6) is 5.86. The Kier molecular flexibility index (Phi) is 16.0. The molecule has 8 bridgehead atoms. The molecule has 0 atom stereocenters. The summed E-state index contributed by atoms with van der Waals surface area (Å²) in [4.78, 5) is 0. The third-order valence-electron chi connectivity index (χ3n) is 16.9. The smallest absolute Gasteiger partial charge is 0.322 e. The van der Waals surface area contributed by atoms with Gasteiger partial charge in [-0.1, -0.05) is 58.0 Å². The maximum atomic E-state index is 7.38. The highest BCUT2D eigenvalue weighted by Crippen LogP contribution is 2.67. The maximum Gasteiger partial charge on any atom is 0.322 e. The van der Waals surface area contributed by atoms with Gasteiger partial charge in [0.15, 0.2) is 0 Å². The summed E-state index contributed by atoms with van der Waals surface area (Å²) >= 11 is 0. The number of ether oxygens (including phenoxy) is 5. The van der Waals surface area contributed by atoms with Crippen molar-refractivity contribution in [1.29, 1.82) is 0 Å². The van der Waals surface area contributed by atoms with Gasteiger partial charge in [0.1, 0.15) is 34.5 Å². The molecule has 0 aromatic heterocycles. The van der Waals surface area contributed by atoms with Gasteiger partial charge in [-0.25, -0.2) is 0 Å². The minimum Gasteiger partial charge on any atom is -0.497 e. The Morgan fingerprint density at radius 3 is 1.49 bits per heavy atom. The number of hydrogen-bond acceptors (Lipinski definition) is 10. The highest BCUT2D eigenvalue weighted by Gasteiger charge is 2.55. The molecule has 10 aliphatic rings. The lowest BCUT2D eigenvalue weighted by molar-refractivity contribution is 0.0644. The van der Waals surface area contributed by atoms with Gasteiger partial charge in [0.25, 0.3) is 0 Å². The predicted molar refractivity (Wildman–Crippen MR) is 324 cm³/mol. The van der Waals surface area contributed by atoms with E-state index in [1.165, 1.54) is 22.3 Å². The zero-order valence-electron chi connectivity index (χ0n) is 49.3. The Morgan fingerprint density at radius 2 is 0.962 bits per heavy atom. The molecular formula is C64H88O10Si4. The first kappa shape index (κ1) is 57.0. The molecule has 15 rings (SSSR count). The largest absolute Gasteiger partial charge is 0.497 e. The van der Waals surface area contributed by atoms with Crippen LogP contribution in [0.1, 0.15) is 121 Å².